The number of aliphatic hydroxyl groups is 1. The first-order valence-electron chi connectivity index (χ1n) is 6.44. The molecule has 0 radical (unpaired) electrons. The number of rotatable bonds is 7. The van der Waals surface area contributed by atoms with Crippen LogP contribution < -0.4 is 11.1 Å². The van der Waals surface area contributed by atoms with E-state index in [2.05, 4.69) is 23.4 Å². The lowest BCUT2D eigenvalue weighted by Crippen LogP contribution is -2.43. The molecule has 1 rings (SSSR count). The third kappa shape index (κ3) is 4.98. The van der Waals surface area contributed by atoms with Gasteiger partial charge in [0, 0.05) is 26.2 Å². The molecule has 0 bridgehead atoms. The zero-order valence-electron chi connectivity index (χ0n) is 11.3. The highest BCUT2D eigenvalue weighted by atomic mass is 16.3. The van der Waals surface area contributed by atoms with Crippen LogP contribution in [0.25, 0.3) is 0 Å². The Kier molecular flexibility index (Phi) is 6.49. The van der Waals surface area contributed by atoms with Gasteiger partial charge in [-0.15, -0.1) is 0 Å². The van der Waals surface area contributed by atoms with Gasteiger partial charge in [0.1, 0.15) is 0 Å². The maximum atomic E-state index is 11.0. The van der Waals surface area contributed by atoms with Crippen LogP contribution in [0.3, 0.4) is 0 Å². The van der Waals surface area contributed by atoms with Gasteiger partial charge in [0.2, 0.25) is 5.91 Å². The van der Waals surface area contributed by atoms with Gasteiger partial charge in [-0.3, -0.25) is 9.69 Å². The number of aliphatic hydroxyl groups excluding tert-OH is 1. The number of allylic oxidation sites excluding steroid dienone is 1. The van der Waals surface area contributed by atoms with Gasteiger partial charge in [-0.05, 0) is 17.6 Å². The number of amides is 1. The minimum Gasteiger partial charge on any atom is -0.390 e. The first-order valence-corrected chi connectivity index (χ1v) is 6.44. The van der Waals surface area contributed by atoms with Crippen molar-refractivity contribution in [2.45, 2.75) is 12.5 Å². The Balaban J connectivity index is 2.42. The number of nitrogens with zero attached hydrogens (tertiary/aromatic N) is 1. The third-order valence-corrected chi connectivity index (χ3v) is 3.19. The van der Waals surface area contributed by atoms with Crippen LogP contribution in [0.5, 0.6) is 0 Å². The molecule has 5 nitrogen and oxygen atoms in total. The van der Waals surface area contributed by atoms with Gasteiger partial charge in [0.15, 0.2) is 0 Å². The first-order chi connectivity index (χ1) is 9.10. The van der Waals surface area contributed by atoms with Crippen molar-refractivity contribution in [2.75, 3.05) is 32.7 Å². The van der Waals surface area contributed by atoms with Gasteiger partial charge in [-0.2, -0.15) is 0 Å². The summed E-state index contributed by atoms with van der Waals surface area (Å²) in [6.45, 7) is 9.92. The van der Waals surface area contributed by atoms with Gasteiger partial charge in [0.25, 0.3) is 0 Å². The van der Waals surface area contributed by atoms with E-state index in [0.29, 0.717) is 6.54 Å². The molecule has 1 atom stereocenters. The van der Waals surface area contributed by atoms with Crippen LogP contribution in [-0.4, -0.2) is 54.7 Å². The van der Waals surface area contributed by atoms with Crippen LogP contribution in [0.4, 0.5) is 0 Å². The number of β-amino-alcohol motifs (C(OH)–C–C–N with tert-alkyl or cyclic N) is 1. The molecule has 5 heteroatoms. The highest BCUT2D eigenvalue weighted by molar-refractivity contribution is 5.77. The molecule has 0 spiro atoms. The molecule has 0 saturated heterocycles. The van der Waals surface area contributed by atoms with Crippen LogP contribution >= 0.6 is 0 Å². The van der Waals surface area contributed by atoms with Crippen molar-refractivity contribution < 1.29 is 9.90 Å². The van der Waals surface area contributed by atoms with Crippen molar-refractivity contribution in [2.24, 2.45) is 5.73 Å². The summed E-state index contributed by atoms with van der Waals surface area (Å²) in [4.78, 5) is 13.1. The van der Waals surface area contributed by atoms with Crippen molar-refractivity contribution in [1.29, 1.82) is 0 Å². The topological polar surface area (TPSA) is 78.6 Å². The van der Waals surface area contributed by atoms with Crippen LogP contribution in [0, 0.1) is 0 Å². The Morgan fingerprint density at radius 3 is 2.74 bits per heavy atom. The summed E-state index contributed by atoms with van der Waals surface area (Å²) in [5, 5.41) is 12.4. The maximum Gasteiger partial charge on any atom is 0.233 e. The first kappa shape index (κ1) is 15.6. The van der Waals surface area contributed by atoms with Crippen molar-refractivity contribution in [3.05, 3.63) is 36.5 Å². The number of carbonyl (C=O) groups is 1. The van der Waals surface area contributed by atoms with Gasteiger partial charge in [-0.1, -0.05) is 25.3 Å². The Labute approximate surface area is 114 Å². The summed E-state index contributed by atoms with van der Waals surface area (Å²) >= 11 is 0. The number of carbonyl (C=O) groups excluding carboxylic acids is 1. The van der Waals surface area contributed by atoms with E-state index in [1.54, 1.807) is 0 Å². The Morgan fingerprint density at radius 1 is 1.47 bits per heavy atom. The largest absolute Gasteiger partial charge is 0.390 e. The molecule has 0 aromatic heterocycles. The molecule has 0 fully saturated rings. The minimum absolute atomic E-state index is 0.0531. The molecule has 0 aliphatic carbocycles. The fraction of sp³-hybridized carbons (Fsp3) is 0.500. The molecule has 1 aliphatic rings. The maximum absolute atomic E-state index is 11.0. The van der Waals surface area contributed by atoms with Gasteiger partial charge in [-0.25, -0.2) is 0 Å². The lowest BCUT2D eigenvalue weighted by molar-refractivity contribution is -0.120. The predicted octanol–water partition coefficient (Wildman–Crippen LogP) is -0.203. The third-order valence-electron chi connectivity index (χ3n) is 3.19. The molecular formula is C14H23N3O2. The van der Waals surface area contributed by atoms with E-state index in [1.165, 1.54) is 5.57 Å². The highest BCUT2D eigenvalue weighted by Crippen LogP contribution is 2.19. The van der Waals surface area contributed by atoms with Crippen LogP contribution in [0.2, 0.25) is 0 Å². The highest BCUT2D eigenvalue weighted by Gasteiger charge is 2.18. The fourth-order valence-corrected chi connectivity index (χ4v) is 2.11. The van der Waals surface area contributed by atoms with Gasteiger partial charge in [0.05, 0.1) is 12.6 Å². The summed E-state index contributed by atoms with van der Waals surface area (Å²) in [6, 6.07) is 0. The average Bonchev–Trinajstić information content (AvgIpc) is 2.44. The van der Waals surface area contributed by atoms with E-state index < -0.39 is 6.10 Å². The lowest BCUT2D eigenvalue weighted by atomic mass is 10.00. The number of hydrogen-bond acceptors (Lipinski definition) is 4. The van der Waals surface area contributed by atoms with Crippen LogP contribution in [-0.2, 0) is 4.79 Å². The Morgan fingerprint density at radius 2 is 2.16 bits per heavy atom. The van der Waals surface area contributed by atoms with E-state index in [-0.39, 0.29) is 19.0 Å². The van der Waals surface area contributed by atoms with E-state index in [0.717, 1.165) is 25.1 Å². The average molecular weight is 265 g/mol. The number of hydrogen-bond donors (Lipinski definition) is 3. The molecule has 0 saturated carbocycles. The standard InChI is InChI=1S/C14H23N3O2/c1-3-11-5-6-17(9-12(11)4-2)10-13(18)8-16-14(19)7-15/h3-4,13,18H,1-2,5-10,15H2,(H,16,19). The van der Waals surface area contributed by atoms with Crippen LogP contribution in [0.1, 0.15) is 6.42 Å². The molecule has 1 aliphatic heterocycles. The van der Waals surface area contributed by atoms with Gasteiger partial charge < -0.3 is 16.2 Å². The second-order valence-corrected chi connectivity index (χ2v) is 4.61. The van der Waals surface area contributed by atoms with E-state index in [9.17, 15) is 9.90 Å². The molecular weight excluding hydrogens is 242 g/mol. The second kappa shape index (κ2) is 7.89. The fourth-order valence-electron chi connectivity index (χ4n) is 2.11. The van der Waals surface area contributed by atoms with Crippen molar-refractivity contribution >= 4 is 5.91 Å². The molecule has 1 heterocycles. The molecule has 0 aromatic rings. The van der Waals surface area contributed by atoms with E-state index in [1.807, 2.05) is 12.2 Å². The SMILES string of the molecule is C=CC1=C(C=C)CN(CC(O)CNC(=O)CN)CC1. The van der Waals surface area contributed by atoms with Crippen molar-refractivity contribution in [3.63, 3.8) is 0 Å². The zero-order chi connectivity index (χ0) is 14.3. The quantitative estimate of drug-likeness (QED) is 0.595. The normalized spacial score (nSPS) is 18.0. The van der Waals surface area contributed by atoms with E-state index >= 15 is 0 Å². The second-order valence-electron chi connectivity index (χ2n) is 4.61. The Bertz CT molecular complexity index is 377. The predicted molar refractivity (Wildman–Crippen MR) is 76.5 cm³/mol. The summed E-state index contributed by atoms with van der Waals surface area (Å²) in [7, 11) is 0. The summed E-state index contributed by atoms with van der Waals surface area (Å²) in [5.74, 6) is -0.252. The summed E-state index contributed by atoms with van der Waals surface area (Å²) in [5.41, 5.74) is 7.55. The smallest absolute Gasteiger partial charge is 0.233 e. The van der Waals surface area contributed by atoms with E-state index in [4.69, 9.17) is 5.73 Å². The summed E-state index contributed by atoms with van der Waals surface area (Å²) in [6.07, 6.45) is 4.02. The minimum atomic E-state index is -0.591. The van der Waals surface area contributed by atoms with Crippen LogP contribution in [0.15, 0.2) is 36.5 Å². The molecule has 19 heavy (non-hydrogen) atoms. The molecule has 1 unspecified atom stereocenters. The zero-order valence-corrected chi connectivity index (χ0v) is 11.3. The number of nitrogens with one attached hydrogen (secondary N) is 1. The van der Waals surface area contributed by atoms with Crippen molar-refractivity contribution in [1.82, 2.24) is 10.2 Å². The molecule has 1 amide bonds. The molecule has 4 N–H and O–H groups in total. The molecule has 106 valence electrons. The van der Waals surface area contributed by atoms with Crippen molar-refractivity contribution in [3.8, 4) is 0 Å². The lowest BCUT2D eigenvalue weighted by Gasteiger charge is -2.30. The Hall–Kier alpha value is -1.43. The molecule has 0 aromatic carbocycles. The van der Waals surface area contributed by atoms with Gasteiger partial charge >= 0.3 is 0 Å². The monoisotopic (exact) mass is 265 g/mol. The summed E-state index contributed by atoms with van der Waals surface area (Å²) < 4.78 is 0. The number of nitrogens with two attached hydrogens (primary N) is 1.